The Morgan fingerprint density at radius 3 is 2.65 bits per heavy atom. The van der Waals surface area contributed by atoms with Crippen LogP contribution in [0.15, 0.2) is 30.9 Å². The Labute approximate surface area is 152 Å². The minimum Gasteiger partial charge on any atom is -0.367 e. The third-order valence-corrected chi connectivity index (χ3v) is 4.75. The van der Waals surface area contributed by atoms with Crippen molar-refractivity contribution in [3.63, 3.8) is 0 Å². The van der Waals surface area contributed by atoms with Crippen LogP contribution < -0.4 is 4.90 Å². The first-order chi connectivity index (χ1) is 12.4. The largest absolute Gasteiger partial charge is 0.367 e. The van der Waals surface area contributed by atoms with E-state index >= 15 is 0 Å². The molecule has 0 saturated carbocycles. The highest BCUT2D eigenvalue weighted by molar-refractivity contribution is 5.41. The fourth-order valence-electron chi connectivity index (χ4n) is 3.40. The van der Waals surface area contributed by atoms with Crippen molar-refractivity contribution < 1.29 is 4.74 Å². The molecule has 4 heterocycles. The van der Waals surface area contributed by atoms with Gasteiger partial charge in [0, 0.05) is 31.0 Å². The van der Waals surface area contributed by atoms with Gasteiger partial charge >= 0.3 is 0 Å². The van der Waals surface area contributed by atoms with E-state index in [1.165, 1.54) is 0 Å². The van der Waals surface area contributed by atoms with E-state index in [0.717, 1.165) is 35.1 Å². The second-order valence-corrected chi connectivity index (χ2v) is 6.98. The normalized spacial score (nSPS) is 20.5. The van der Waals surface area contributed by atoms with Gasteiger partial charge in [0.2, 0.25) is 0 Å². The zero-order chi connectivity index (χ0) is 18.3. The molecule has 136 valence electrons. The van der Waals surface area contributed by atoms with Crippen LogP contribution in [0.2, 0.25) is 0 Å². The van der Waals surface area contributed by atoms with Crippen molar-refractivity contribution in [2.75, 3.05) is 24.6 Å². The zero-order valence-corrected chi connectivity index (χ0v) is 15.5. The summed E-state index contributed by atoms with van der Waals surface area (Å²) in [7, 11) is 1.91. The number of nitrogens with zero attached hydrogens (tertiary/aromatic N) is 7. The topological polar surface area (TPSA) is 73.9 Å². The summed E-state index contributed by atoms with van der Waals surface area (Å²) in [6.45, 7) is 8.16. The summed E-state index contributed by atoms with van der Waals surface area (Å²) in [6.07, 6.45) is 7.40. The molecule has 0 N–H and O–H groups in total. The molecule has 1 saturated heterocycles. The number of hydrogen-bond donors (Lipinski definition) is 0. The van der Waals surface area contributed by atoms with Crippen LogP contribution in [-0.4, -0.2) is 49.2 Å². The van der Waals surface area contributed by atoms with Crippen molar-refractivity contribution in [2.24, 2.45) is 7.05 Å². The summed E-state index contributed by atoms with van der Waals surface area (Å²) < 4.78 is 9.72. The minimum atomic E-state index is -0.428. The Balaban J connectivity index is 1.63. The molecular formula is C18H23N7O. The molecule has 26 heavy (non-hydrogen) atoms. The molecule has 0 bridgehead atoms. The van der Waals surface area contributed by atoms with Crippen LogP contribution in [0.5, 0.6) is 0 Å². The number of aromatic nitrogens is 6. The number of morpholine rings is 1. The molecule has 4 rings (SSSR count). The summed E-state index contributed by atoms with van der Waals surface area (Å²) in [6, 6.07) is 2.03. The molecule has 0 aromatic carbocycles. The fraction of sp³-hybridized carbons (Fsp3) is 0.444. The first kappa shape index (κ1) is 16.7. The van der Waals surface area contributed by atoms with Crippen LogP contribution in [0.3, 0.4) is 0 Å². The number of aryl methyl sites for hydroxylation is 3. The predicted octanol–water partition coefficient (Wildman–Crippen LogP) is 1.76. The standard InChI is InChI=1S/C18H23N7O/c1-13-7-14(2)25(22-13)17-10-19-9-16(21-17)24-5-6-26-18(3,12-24)15-8-20-23(4)11-15/h7-11H,5-6,12H2,1-4H3. The first-order valence-corrected chi connectivity index (χ1v) is 8.68. The quantitative estimate of drug-likeness (QED) is 0.714. The molecule has 0 amide bonds. The van der Waals surface area contributed by atoms with Crippen LogP contribution in [0.1, 0.15) is 23.9 Å². The number of hydrogen-bond acceptors (Lipinski definition) is 6. The Morgan fingerprint density at radius 2 is 1.96 bits per heavy atom. The van der Waals surface area contributed by atoms with E-state index < -0.39 is 5.60 Å². The van der Waals surface area contributed by atoms with Crippen LogP contribution in [0, 0.1) is 13.8 Å². The average molecular weight is 353 g/mol. The SMILES string of the molecule is Cc1cc(C)n(-c2cncc(N3CCOC(C)(c4cnn(C)c4)C3)n2)n1. The van der Waals surface area contributed by atoms with Crippen LogP contribution in [0.4, 0.5) is 5.82 Å². The molecule has 0 spiro atoms. The summed E-state index contributed by atoms with van der Waals surface area (Å²) in [5.41, 5.74) is 2.64. The van der Waals surface area contributed by atoms with Crippen molar-refractivity contribution in [3.05, 3.63) is 47.8 Å². The second-order valence-electron chi connectivity index (χ2n) is 6.98. The van der Waals surface area contributed by atoms with Gasteiger partial charge in [0.15, 0.2) is 5.82 Å². The predicted molar refractivity (Wildman–Crippen MR) is 97.4 cm³/mol. The Hall–Kier alpha value is -2.74. The summed E-state index contributed by atoms with van der Waals surface area (Å²) >= 11 is 0. The number of rotatable bonds is 3. The summed E-state index contributed by atoms with van der Waals surface area (Å²) in [5, 5.41) is 8.78. The van der Waals surface area contributed by atoms with Gasteiger partial charge in [0.25, 0.3) is 0 Å². The van der Waals surface area contributed by atoms with E-state index in [1.807, 2.05) is 44.0 Å². The van der Waals surface area contributed by atoms with Gasteiger partial charge in [-0.1, -0.05) is 0 Å². The second kappa shape index (κ2) is 6.21. The van der Waals surface area contributed by atoms with E-state index in [4.69, 9.17) is 9.72 Å². The molecule has 3 aromatic heterocycles. The average Bonchev–Trinajstić information content (AvgIpc) is 3.21. The molecule has 1 aliphatic rings. The smallest absolute Gasteiger partial charge is 0.174 e. The first-order valence-electron chi connectivity index (χ1n) is 8.68. The van der Waals surface area contributed by atoms with Crippen LogP contribution in [-0.2, 0) is 17.4 Å². The molecule has 3 aromatic rings. The van der Waals surface area contributed by atoms with Crippen molar-refractivity contribution in [3.8, 4) is 5.82 Å². The van der Waals surface area contributed by atoms with Gasteiger partial charge in [0.1, 0.15) is 11.4 Å². The monoisotopic (exact) mass is 353 g/mol. The molecule has 1 atom stereocenters. The molecule has 0 aliphatic carbocycles. The van der Waals surface area contributed by atoms with Gasteiger partial charge in [-0.05, 0) is 26.8 Å². The Morgan fingerprint density at radius 1 is 1.15 bits per heavy atom. The van der Waals surface area contributed by atoms with Gasteiger partial charge < -0.3 is 9.64 Å². The highest BCUT2D eigenvalue weighted by Gasteiger charge is 2.35. The minimum absolute atomic E-state index is 0.428. The molecule has 1 unspecified atom stereocenters. The fourth-order valence-corrected chi connectivity index (χ4v) is 3.40. The maximum Gasteiger partial charge on any atom is 0.174 e. The van der Waals surface area contributed by atoms with E-state index in [0.29, 0.717) is 13.2 Å². The molecule has 1 fully saturated rings. The molecule has 8 nitrogen and oxygen atoms in total. The van der Waals surface area contributed by atoms with Gasteiger partial charge in [-0.15, -0.1) is 0 Å². The summed E-state index contributed by atoms with van der Waals surface area (Å²) in [5.74, 6) is 1.55. The molecule has 1 aliphatic heterocycles. The highest BCUT2D eigenvalue weighted by Crippen LogP contribution is 2.31. The molecule has 8 heteroatoms. The van der Waals surface area contributed by atoms with Crippen molar-refractivity contribution >= 4 is 5.82 Å². The maximum absolute atomic E-state index is 6.09. The van der Waals surface area contributed by atoms with Gasteiger partial charge in [-0.25, -0.2) is 9.67 Å². The van der Waals surface area contributed by atoms with Gasteiger partial charge in [-0.3, -0.25) is 9.67 Å². The van der Waals surface area contributed by atoms with Crippen molar-refractivity contribution in [1.82, 2.24) is 29.5 Å². The highest BCUT2D eigenvalue weighted by atomic mass is 16.5. The van der Waals surface area contributed by atoms with Crippen molar-refractivity contribution in [1.29, 1.82) is 0 Å². The third-order valence-electron chi connectivity index (χ3n) is 4.75. The Kier molecular flexibility index (Phi) is 3.99. The number of anilines is 1. The lowest BCUT2D eigenvalue weighted by Gasteiger charge is -2.40. The van der Waals surface area contributed by atoms with Crippen LogP contribution >= 0.6 is 0 Å². The molecular weight excluding hydrogens is 330 g/mol. The Bertz CT molecular complexity index is 931. The van der Waals surface area contributed by atoms with Crippen molar-refractivity contribution in [2.45, 2.75) is 26.4 Å². The lowest BCUT2D eigenvalue weighted by Crippen LogP contribution is -2.48. The van der Waals surface area contributed by atoms with Gasteiger partial charge in [0.05, 0.1) is 37.4 Å². The van der Waals surface area contributed by atoms with Gasteiger partial charge in [-0.2, -0.15) is 10.2 Å². The maximum atomic E-state index is 6.09. The van der Waals surface area contributed by atoms with E-state index in [2.05, 4.69) is 27.0 Å². The third kappa shape index (κ3) is 2.96. The number of ether oxygens (including phenoxy) is 1. The zero-order valence-electron chi connectivity index (χ0n) is 15.5. The summed E-state index contributed by atoms with van der Waals surface area (Å²) in [4.78, 5) is 11.4. The van der Waals surface area contributed by atoms with E-state index in [1.54, 1.807) is 17.1 Å². The van der Waals surface area contributed by atoms with Crippen LogP contribution in [0.25, 0.3) is 5.82 Å². The molecule has 0 radical (unpaired) electrons. The van der Waals surface area contributed by atoms with E-state index in [9.17, 15) is 0 Å². The van der Waals surface area contributed by atoms with E-state index in [-0.39, 0.29) is 0 Å². The lowest BCUT2D eigenvalue weighted by atomic mass is 9.97. The lowest BCUT2D eigenvalue weighted by molar-refractivity contribution is -0.0468.